The Hall–Kier alpha value is -2.50. The molecule has 1 fully saturated rings. The summed E-state index contributed by atoms with van der Waals surface area (Å²) < 4.78 is 1.88. The molecular formula is C24H32N4O2. The first-order valence-corrected chi connectivity index (χ1v) is 11.2. The van der Waals surface area contributed by atoms with Gasteiger partial charge in [0, 0.05) is 12.0 Å². The van der Waals surface area contributed by atoms with E-state index in [1.165, 1.54) is 5.57 Å². The Balaban J connectivity index is 1.36. The fraction of sp³-hybridized carbons (Fsp3) is 0.583. The number of hydrogen-bond acceptors (Lipinski definition) is 4. The minimum atomic E-state index is -0.124. The zero-order valence-electron chi connectivity index (χ0n) is 18.1. The number of aromatic nitrogens is 3. The number of Topliss-reactive ketones (excluding diaryl/α,β-unsaturated/α-hetero) is 1. The SMILES string of the molecule is C=C(C(=O)NCc1cn(C2C=CCCC2)nn1)[C@@H]1CC[C@H](C)[C@@H]2CC(=O)C(C)=C2C1. The summed E-state index contributed by atoms with van der Waals surface area (Å²) in [7, 11) is 0. The molecule has 1 unspecified atom stereocenters. The molecule has 160 valence electrons. The molecule has 30 heavy (non-hydrogen) atoms. The first kappa shape index (κ1) is 20.8. The fourth-order valence-corrected chi connectivity index (χ4v) is 5.15. The molecule has 0 radical (unpaired) electrons. The predicted molar refractivity (Wildman–Crippen MR) is 115 cm³/mol. The maximum Gasteiger partial charge on any atom is 0.247 e. The highest BCUT2D eigenvalue weighted by atomic mass is 16.1. The van der Waals surface area contributed by atoms with E-state index in [-0.39, 0.29) is 23.7 Å². The highest BCUT2D eigenvalue weighted by Crippen LogP contribution is 2.45. The predicted octanol–water partition coefficient (Wildman–Crippen LogP) is 4.07. The number of nitrogens with zero attached hydrogens (tertiary/aromatic N) is 3. The number of fused-ring (bicyclic) bond motifs is 1. The third-order valence-electron chi connectivity index (χ3n) is 7.22. The summed E-state index contributed by atoms with van der Waals surface area (Å²) in [4.78, 5) is 25.0. The first-order valence-electron chi connectivity index (χ1n) is 11.2. The molecule has 0 spiro atoms. The maximum absolute atomic E-state index is 12.8. The maximum atomic E-state index is 12.8. The monoisotopic (exact) mass is 408 g/mol. The van der Waals surface area contributed by atoms with Gasteiger partial charge in [0.2, 0.25) is 5.91 Å². The van der Waals surface area contributed by atoms with Gasteiger partial charge in [-0.15, -0.1) is 5.10 Å². The van der Waals surface area contributed by atoms with E-state index in [1.54, 1.807) is 0 Å². The van der Waals surface area contributed by atoms with Crippen LogP contribution in [0.3, 0.4) is 0 Å². The Labute approximate surface area is 178 Å². The Bertz CT molecular complexity index is 910. The Kier molecular flexibility index (Phi) is 6.02. The van der Waals surface area contributed by atoms with Crippen molar-refractivity contribution in [3.63, 3.8) is 0 Å². The van der Waals surface area contributed by atoms with Gasteiger partial charge in [-0.1, -0.05) is 36.4 Å². The number of hydrogen-bond donors (Lipinski definition) is 1. The normalized spacial score (nSPS) is 28.9. The van der Waals surface area contributed by atoms with E-state index >= 15 is 0 Å². The summed E-state index contributed by atoms with van der Waals surface area (Å²) in [5.74, 6) is 1.07. The van der Waals surface area contributed by atoms with Crippen molar-refractivity contribution < 1.29 is 9.59 Å². The zero-order valence-corrected chi connectivity index (χ0v) is 18.1. The molecular weight excluding hydrogens is 376 g/mol. The zero-order chi connectivity index (χ0) is 21.3. The highest BCUT2D eigenvalue weighted by Gasteiger charge is 2.37. The van der Waals surface area contributed by atoms with Crippen LogP contribution in [0.15, 0.2) is 41.6 Å². The quantitative estimate of drug-likeness (QED) is 0.588. The second-order valence-corrected chi connectivity index (χ2v) is 9.16. The lowest BCUT2D eigenvalue weighted by Crippen LogP contribution is -2.27. The molecule has 3 aliphatic carbocycles. The van der Waals surface area contributed by atoms with Crippen molar-refractivity contribution in [2.24, 2.45) is 17.8 Å². The van der Waals surface area contributed by atoms with Crippen molar-refractivity contribution in [2.75, 3.05) is 0 Å². The van der Waals surface area contributed by atoms with Crippen LogP contribution in [-0.4, -0.2) is 26.7 Å². The molecule has 1 saturated carbocycles. The summed E-state index contributed by atoms with van der Waals surface area (Å²) >= 11 is 0. The smallest absolute Gasteiger partial charge is 0.247 e. The molecule has 0 bridgehead atoms. The second kappa shape index (κ2) is 8.70. The third-order valence-corrected chi connectivity index (χ3v) is 7.22. The van der Waals surface area contributed by atoms with Gasteiger partial charge < -0.3 is 5.32 Å². The van der Waals surface area contributed by atoms with E-state index in [0.29, 0.717) is 30.4 Å². The minimum absolute atomic E-state index is 0.0939. The number of allylic oxidation sites excluding steroid dienone is 4. The lowest BCUT2D eigenvalue weighted by Gasteiger charge is -2.19. The van der Waals surface area contributed by atoms with Crippen molar-refractivity contribution in [1.29, 1.82) is 0 Å². The molecule has 1 aromatic heterocycles. The van der Waals surface area contributed by atoms with Crippen molar-refractivity contribution in [2.45, 2.75) is 71.4 Å². The lowest BCUT2D eigenvalue weighted by atomic mass is 9.86. The summed E-state index contributed by atoms with van der Waals surface area (Å²) in [6.07, 6.45) is 13.0. The van der Waals surface area contributed by atoms with Gasteiger partial charge in [-0.05, 0) is 68.8 Å². The van der Waals surface area contributed by atoms with Gasteiger partial charge in [0.05, 0.1) is 18.8 Å². The van der Waals surface area contributed by atoms with E-state index < -0.39 is 0 Å². The van der Waals surface area contributed by atoms with Gasteiger partial charge in [-0.2, -0.15) is 0 Å². The molecule has 1 aromatic rings. The lowest BCUT2D eigenvalue weighted by molar-refractivity contribution is -0.118. The minimum Gasteiger partial charge on any atom is -0.347 e. The molecule has 4 atom stereocenters. The largest absolute Gasteiger partial charge is 0.347 e. The van der Waals surface area contributed by atoms with Crippen LogP contribution < -0.4 is 5.32 Å². The molecule has 1 N–H and O–H groups in total. The van der Waals surface area contributed by atoms with Gasteiger partial charge in [-0.3, -0.25) is 9.59 Å². The van der Waals surface area contributed by atoms with E-state index in [1.807, 2.05) is 17.8 Å². The van der Waals surface area contributed by atoms with Crippen LogP contribution >= 0.6 is 0 Å². The highest BCUT2D eigenvalue weighted by molar-refractivity contribution is 5.99. The second-order valence-electron chi connectivity index (χ2n) is 9.16. The number of ketones is 1. The Morgan fingerprint density at radius 3 is 2.90 bits per heavy atom. The van der Waals surface area contributed by atoms with Crippen LogP contribution in [0, 0.1) is 17.8 Å². The summed E-state index contributed by atoms with van der Waals surface area (Å²) in [6.45, 7) is 8.65. The van der Waals surface area contributed by atoms with Crippen molar-refractivity contribution in [3.05, 3.63) is 47.3 Å². The van der Waals surface area contributed by atoms with Crippen molar-refractivity contribution >= 4 is 11.7 Å². The van der Waals surface area contributed by atoms with Gasteiger partial charge in [0.1, 0.15) is 5.69 Å². The van der Waals surface area contributed by atoms with Crippen LogP contribution in [0.25, 0.3) is 0 Å². The third kappa shape index (κ3) is 4.18. The molecule has 6 heteroatoms. The van der Waals surface area contributed by atoms with E-state index in [9.17, 15) is 9.59 Å². The Morgan fingerprint density at radius 2 is 2.13 bits per heavy atom. The van der Waals surface area contributed by atoms with Gasteiger partial charge in [0.25, 0.3) is 0 Å². The molecule has 1 heterocycles. The van der Waals surface area contributed by atoms with Gasteiger partial charge >= 0.3 is 0 Å². The fourth-order valence-electron chi connectivity index (χ4n) is 5.15. The van der Waals surface area contributed by atoms with Crippen LogP contribution in [0.5, 0.6) is 0 Å². The molecule has 0 saturated heterocycles. The van der Waals surface area contributed by atoms with Crippen LogP contribution in [-0.2, 0) is 16.1 Å². The average molecular weight is 409 g/mol. The topological polar surface area (TPSA) is 76.9 Å². The molecule has 6 nitrogen and oxygen atoms in total. The van der Waals surface area contributed by atoms with E-state index in [0.717, 1.165) is 49.8 Å². The molecule has 1 amide bonds. The molecule has 4 rings (SSSR count). The number of carbonyl (C=O) groups excluding carboxylic acids is 2. The number of amides is 1. The van der Waals surface area contributed by atoms with Crippen LogP contribution in [0.4, 0.5) is 0 Å². The van der Waals surface area contributed by atoms with E-state index in [4.69, 9.17) is 0 Å². The number of nitrogens with one attached hydrogen (secondary N) is 1. The van der Waals surface area contributed by atoms with Gasteiger partial charge in [-0.25, -0.2) is 4.68 Å². The van der Waals surface area contributed by atoms with Crippen molar-refractivity contribution in [3.8, 4) is 0 Å². The summed E-state index contributed by atoms with van der Waals surface area (Å²) in [5.41, 5.74) is 3.54. The number of carbonyl (C=O) groups is 2. The molecule has 0 aromatic carbocycles. The van der Waals surface area contributed by atoms with E-state index in [2.05, 4.69) is 41.3 Å². The average Bonchev–Trinajstić information content (AvgIpc) is 3.30. The van der Waals surface area contributed by atoms with Gasteiger partial charge in [0.15, 0.2) is 5.78 Å². The summed E-state index contributed by atoms with van der Waals surface area (Å²) in [5, 5.41) is 11.4. The first-order chi connectivity index (χ1) is 14.4. The van der Waals surface area contributed by atoms with Crippen LogP contribution in [0.1, 0.15) is 70.5 Å². The molecule has 0 aliphatic heterocycles. The van der Waals surface area contributed by atoms with Crippen LogP contribution in [0.2, 0.25) is 0 Å². The summed E-state index contributed by atoms with van der Waals surface area (Å²) in [6, 6.07) is 0.261. The van der Waals surface area contributed by atoms with Crippen molar-refractivity contribution in [1.82, 2.24) is 20.3 Å². The Morgan fingerprint density at radius 1 is 1.30 bits per heavy atom. The standard InChI is InChI=1S/C24H32N4O2/c1-15-9-10-18(11-22-17(3)23(29)12-21(15)22)16(2)24(30)25-13-19-14-28(27-26-19)20-7-5-4-6-8-20/h5,7,14-15,18,20-21H,2,4,6,8-13H2,1,3H3,(H,25,30)/t15-,18+,20?,21-/m0/s1. The number of rotatable bonds is 5. The molecule has 3 aliphatic rings.